The second-order valence-electron chi connectivity index (χ2n) is 7.20. The third-order valence-corrected chi connectivity index (χ3v) is 5.21. The van der Waals surface area contributed by atoms with Crippen molar-refractivity contribution in [3.05, 3.63) is 35.5 Å². The zero-order valence-electron chi connectivity index (χ0n) is 17.2. The van der Waals surface area contributed by atoms with Crippen LogP contribution in [-0.2, 0) is 23.8 Å². The minimum absolute atomic E-state index is 0.0470. The molecule has 2 N–H and O–H groups in total. The lowest BCUT2D eigenvalue weighted by molar-refractivity contribution is -0.140. The maximum Gasteiger partial charge on any atom is 0.355 e. The van der Waals surface area contributed by atoms with E-state index < -0.39 is 11.9 Å². The van der Waals surface area contributed by atoms with Crippen LogP contribution in [0.25, 0.3) is 0 Å². The van der Waals surface area contributed by atoms with E-state index in [-0.39, 0.29) is 36.7 Å². The second kappa shape index (κ2) is 10.1. The van der Waals surface area contributed by atoms with Gasteiger partial charge in [0.1, 0.15) is 12.4 Å². The summed E-state index contributed by atoms with van der Waals surface area (Å²) >= 11 is 0. The Morgan fingerprint density at radius 1 is 1.00 bits per heavy atom. The number of methoxy groups -OCH3 is 2. The predicted octanol–water partition coefficient (Wildman–Crippen LogP) is 2.54. The Kier molecular flexibility index (Phi) is 7.29. The molecule has 0 radical (unpaired) electrons. The molecule has 0 bridgehead atoms. The highest BCUT2D eigenvalue weighted by molar-refractivity contribution is 6.03. The van der Waals surface area contributed by atoms with Crippen molar-refractivity contribution < 1.29 is 28.6 Å². The van der Waals surface area contributed by atoms with Crippen LogP contribution >= 0.6 is 0 Å². The molecule has 0 spiro atoms. The van der Waals surface area contributed by atoms with Gasteiger partial charge in [-0.25, -0.2) is 14.4 Å². The van der Waals surface area contributed by atoms with E-state index in [9.17, 15) is 14.4 Å². The number of ether oxygens (including phenoxy) is 3. The Hall–Kier alpha value is -3.07. The number of urea groups is 1. The number of rotatable bonds is 5. The molecule has 2 amide bonds. The van der Waals surface area contributed by atoms with Gasteiger partial charge in [0.25, 0.3) is 0 Å². The Bertz CT molecular complexity index is 815. The van der Waals surface area contributed by atoms with Crippen LogP contribution in [0, 0.1) is 0 Å². The van der Waals surface area contributed by atoms with Crippen LogP contribution in [0.2, 0.25) is 0 Å². The summed E-state index contributed by atoms with van der Waals surface area (Å²) in [5.74, 6) is -1.31. The van der Waals surface area contributed by atoms with Gasteiger partial charge in [-0.1, -0.05) is 19.3 Å². The number of nitrogens with one attached hydrogen (secondary N) is 2. The van der Waals surface area contributed by atoms with Crippen molar-refractivity contribution in [1.82, 2.24) is 5.32 Å². The van der Waals surface area contributed by atoms with Crippen molar-refractivity contribution in [2.24, 2.45) is 0 Å². The molecule has 1 saturated carbocycles. The summed E-state index contributed by atoms with van der Waals surface area (Å²) < 4.78 is 15.1. The van der Waals surface area contributed by atoms with Crippen molar-refractivity contribution in [2.75, 3.05) is 37.8 Å². The number of hydrogen-bond acceptors (Lipinski definition) is 7. The lowest BCUT2D eigenvalue weighted by Crippen LogP contribution is -2.39. The monoisotopic (exact) mass is 417 g/mol. The summed E-state index contributed by atoms with van der Waals surface area (Å²) in [5.41, 5.74) is 1.38. The maximum absolute atomic E-state index is 12.3. The highest BCUT2D eigenvalue weighted by atomic mass is 16.5. The van der Waals surface area contributed by atoms with Crippen LogP contribution in [-0.4, -0.2) is 51.6 Å². The highest BCUT2D eigenvalue weighted by Crippen LogP contribution is 2.27. The zero-order chi connectivity index (χ0) is 21.5. The minimum Gasteiger partial charge on any atom is -0.466 e. The fraction of sp³-hybridized carbons (Fsp3) is 0.476. The number of amides is 2. The van der Waals surface area contributed by atoms with Crippen molar-refractivity contribution in [3.63, 3.8) is 0 Å². The lowest BCUT2D eigenvalue weighted by Gasteiger charge is -2.31. The molecule has 9 nitrogen and oxygen atoms in total. The first-order chi connectivity index (χ1) is 14.5. The quantitative estimate of drug-likeness (QED) is 0.709. The summed E-state index contributed by atoms with van der Waals surface area (Å²) in [5, 5.41) is 5.82. The van der Waals surface area contributed by atoms with Gasteiger partial charge in [-0.15, -0.1) is 0 Å². The van der Waals surface area contributed by atoms with E-state index in [0.717, 1.165) is 25.7 Å². The normalized spacial score (nSPS) is 17.3. The molecule has 0 aromatic heterocycles. The van der Waals surface area contributed by atoms with Crippen LogP contribution in [0.4, 0.5) is 16.2 Å². The van der Waals surface area contributed by atoms with Gasteiger partial charge in [0.2, 0.25) is 0 Å². The van der Waals surface area contributed by atoms with E-state index in [1.54, 1.807) is 24.3 Å². The average molecular weight is 417 g/mol. The second-order valence-corrected chi connectivity index (χ2v) is 7.20. The molecule has 0 saturated heterocycles. The molecule has 3 rings (SSSR count). The Morgan fingerprint density at radius 3 is 2.30 bits per heavy atom. The van der Waals surface area contributed by atoms with Crippen molar-refractivity contribution >= 4 is 29.3 Å². The van der Waals surface area contributed by atoms with Crippen molar-refractivity contribution in [1.29, 1.82) is 0 Å². The molecule has 2 aliphatic rings. The number of carbonyl (C=O) groups excluding carboxylic acids is 3. The van der Waals surface area contributed by atoms with Crippen molar-refractivity contribution in [2.45, 2.75) is 38.1 Å². The number of carbonyl (C=O) groups is 3. The first kappa shape index (κ1) is 21.6. The molecule has 1 heterocycles. The number of benzene rings is 1. The summed E-state index contributed by atoms with van der Waals surface area (Å²) in [6, 6.07) is 6.87. The van der Waals surface area contributed by atoms with Crippen LogP contribution in [0.3, 0.4) is 0 Å². The van der Waals surface area contributed by atoms with Gasteiger partial charge in [0.05, 0.1) is 26.4 Å². The molecule has 1 aromatic rings. The number of nitrogens with zero attached hydrogens (tertiary/aromatic N) is 1. The van der Waals surface area contributed by atoms with E-state index in [1.165, 1.54) is 25.5 Å². The van der Waals surface area contributed by atoms with Gasteiger partial charge >= 0.3 is 18.0 Å². The molecule has 1 aromatic carbocycles. The number of hydrogen-bond donors (Lipinski definition) is 2. The van der Waals surface area contributed by atoms with E-state index in [0.29, 0.717) is 11.4 Å². The molecule has 9 heteroatoms. The van der Waals surface area contributed by atoms with Gasteiger partial charge < -0.3 is 29.7 Å². The molecule has 1 fully saturated rings. The van der Waals surface area contributed by atoms with E-state index in [1.807, 2.05) is 0 Å². The summed E-state index contributed by atoms with van der Waals surface area (Å²) in [4.78, 5) is 38.2. The van der Waals surface area contributed by atoms with Gasteiger partial charge in [-0.3, -0.25) is 0 Å². The highest BCUT2D eigenvalue weighted by Gasteiger charge is 2.32. The Morgan fingerprint density at radius 2 is 1.67 bits per heavy atom. The standard InChI is InChI=1S/C21H27N3O6/c1-28-19(25)17-12-30-13-24(18(17)20(26)29-2)16-10-8-15(9-11-16)23-21(27)22-14-6-4-3-5-7-14/h8-11,14H,3-7,12-13H2,1-2H3,(H2,22,23,27). The molecule has 1 aliphatic heterocycles. The zero-order valence-corrected chi connectivity index (χ0v) is 17.2. The molecule has 1 aliphatic carbocycles. The SMILES string of the molecule is COC(=O)C1=C(C(=O)OC)N(c2ccc(NC(=O)NC3CCCCC3)cc2)COC1. The minimum atomic E-state index is -0.659. The molecule has 0 atom stereocenters. The van der Waals surface area contributed by atoms with E-state index in [4.69, 9.17) is 14.2 Å². The van der Waals surface area contributed by atoms with Crippen LogP contribution in [0.1, 0.15) is 32.1 Å². The molecular weight excluding hydrogens is 390 g/mol. The van der Waals surface area contributed by atoms with E-state index in [2.05, 4.69) is 10.6 Å². The molecule has 30 heavy (non-hydrogen) atoms. The fourth-order valence-corrected chi connectivity index (χ4v) is 3.67. The van der Waals surface area contributed by atoms with Gasteiger partial charge in [0.15, 0.2) is 0 Å². The third-order valence-electron chi connectivity index (χ3n) is 5.21. The first-order valence-electron chi connectivity index (χ1n) is 9.96. The van der Waals surface area contributed by atoms with Crippen LogP contribution in [0.15, 0.2) is 35.5 Å². The smallest absolute Gasteiger partial charge is 0.355 e. The van der Waals surface area contributed by atoms with Gasteiger partial charge in [0, 0.05) is 17.4 Å². The summed E-state index contributed by atoms with van der Waals surface area (Å²) in [7, 11) is 2.48. The maximum atomic E-state index is 12.3. The van der Waals surface area contributed by atoms with Crippen molar-refractivity contribution in [3.8, 4) is 0 Å². The summed E-state index contributed by atoms with van der Waals surface area (Å²) in [6.45, 7) is 0.0223. The van der Waals surface area contributed by atoms with Gasteiger partial charge in [-0.05, 0) is 37.1 Å². The third kappa shape index (κ3) is 5.10. The largest absolute Gasteiger partial charge is 0.466 e. The van der Waals surface area contributed by atoms with Crippen LogP contribution < -0.4 is 15.5 Å². The molecular formula is C21H27N3O6. The summed E-state index contributed by atoms with van der Waals surface area (Å²) in [6.07, 6.45) is 5.52. The topological polar surface area (TPSA) is 106 Å². The Balaban J connectivity index is 1.73. The van der Waals surface area contributed by atoms with Gasteiger partial charge in [-0.2, -0.15) is 0 Å². The van der Waals surface area contributed by atoms with E-state index >= 15 is 0 Å². The predicted molar refractivity (Wildman–Crippen MR) is 110 cm³/mol. The molecule has 0 unspecified atom stereocenters. The number of esters is 2. The lowest BCUT2D eigenvalue weighted by atomic mass is 9.96. The fourth-order valence-electron chi connectivity index (χ4n) is 3.67. The van der Waals surface area contributed by atoms with Crippen LogP contribution in [0.5, 0.6) is 0 Å². The first-order valence-corrected chi connectivity index (χ1v) is 9.96. The average Bonchev–Trinajstić information content (AvgIpc) is 2.78. The number of anilines is 2. The molecule has 162 valence electrons. The Labute approximate surface area is 175 Å².